The zero-order valence-corrected chi connectivity index (χ0v) is 14.2. The molecule has 5 nitrogen and oxygen atoms in total. The number of carbonyl (C=O) groups is 2. The molecule has 0 aliphatic carbocycles. The number of rotatable bonds is 3. The third-order valence-electron chi connectivity index (χ3n) is 2.92. The molecular formula is C17H17ClFN3O2. The molecule has 0 saturated heterocycles. The lowest BCUT2D eigenvalue weighted by Gasteiger charge is -2.20. The van der Waals surface area contributed by atoms with Crippen molar-refractivity contribution in [1.29, 1.82) is 0 Å². The Hall–Kier alpha value is -2.47. The minimum Gasteiger partial charge on any atom is -0.347 e. The van der Waals surface area contributed by atoms with Gasteiger partial charge in [0.1, 0.15) is 11.5 Å². The fraction of sp³-hybridized carbons (Fsp3) is 0.235. The van der Waals surface area contributed by atoms with Gasteiger partial charge in [-0.1, -0.05) is 11.6 Å². The Labute approximate surface area is 144 Å². The molecule has 1 aromatic carbocycles. The normalized spacial score (nSPS) is 11.0. The molecule has 0 atom stereocenters. The maximum atomic E-state index is 13.1. The largest absolute Gasteiger partial charge is 0.347 e. The highest BCUT2D eigenvalue weighted by molar-refractivity contribution is 6.31. The Morgan fingerprint density at radius 3 is 2.46 bits per heavy atom. The van der Waals surface area contributed by atoms with Gasteiger partial charge in [0, 0.05) is 23.0 Å². The fourth-order valence-corrected chi connectivity index (χ4v) is 2.06. The molecule has 0 fully saturated rings. The predicted octanol–water partition coefficient (Wildman–Crippen LogP) is 3.65. The van der Waals surface area contributed by atoms with Crippen molar-refractivity contribution in [2.45, 2.75) is 26.3 Å². The average Bonchev–Trinajstić information content (AvgIpc) is 2.49. The summed E-state index contributed by atoms with van der Waals surface area (Å²) >= 11 is 5.68. The van der Waals surface area contributed by atoms with Gasteiger partial charge >= 0.3 is 0 Å². The molecule has 0 saturated carbocycles. The van der Waals surface area contributed by atoms with Crippen LogP contribution in [0.2, 0.25) is 5.02 Å². The van der Waals surface area contributed by atoms with Gasteiger partial charge in [-0.3, -0.25) is 14.6 Å². The fourth-order valence-electron chi connectivity index (χ4n) is 1.88. The first-order chi connectivity index (χ1) is 11.2. The number of anilines is 1. The van der Waals surface area contributed by atoms with Crippen LogP contribution in [0.5, 0.6) is 0 Å². The Bertz CT molecular complexity index is 788. The van der Waals surface area contributed by atoms with E-state index >= 15 is 0 Å². The summed E-state index contributed by atoms with van der Waals surface area (Å²) in [6.45, 7) is 5.58. The summed E-state index contributed by atoms with van der Waals surface area (Å²) in [4.78, 5) is 28.3. The highest BCUT2D eigenvalue weighted by atomic mass is 35.5. The van der Waals surface area contributed by atoms with E-state index in [-0.39, 0.29) is 16.6 Å². The van der Waals surface area contributed by atoms with Crippen molar-refractivity contribution < 1.29 is 14.0 Å². The van der Waals surface area contributed by atoms with Crippen LogP contribution in [0.15, 0.2) is 36.5 Å². The maximum absolute atomic E-state index is 13.1. The number of halogens is 2. The summed E-state index contributed by atoms with van der Waals surface area (Å²) in [5, 5.41) is 5.27. The van der Waals surface area contributed by atoms with Crippen LogP contribution >= 0.6 is 11.6 Å². The van der Waals surface area contributed by atoms with Gasteiger partial charge in [0.15, 0.2) is 0 Å². The second-order valence-corrected chi connectivity index (χ2v) is 6.62. The first-order valence-corrected chi connectivity index (χ1v) is 7.58. The standard InChI is InChI=1S/C17H17ClFN3O2/c1-17(2,3)22-15(23)10-6-7-20-14(8-10)16(24)21-11-4-5-13(19)12(18)9-11/h4-9H,1-3H3,(H,21,24)(H,22,23). The molecule has 0 aliphatic rings. The molecule has 2 rings (SSSR count). The lowest BCUT2D eigenvalue weighted by molar-refractivity contribution is 0.0919. The van der Waals surface area contributed by atoms with Gasteiger partial charge in [0.05, 0.1) is 5.02 Å². The zero-order valence-electron chi connectivity index (χ0n) is 13.5. The number of hydrogen-bond acceptors (Lipinski definition) is 3. The molecule has 2 N–H and O–H groups in total. The van der Waals surface area contributed by atoms with Crippen molar-refractivity contribution in [3.8, 4) is 0 Å². The number of carbonyl (C=O) groups excluding carboxylic acids is 2. The summed E-state index contributed by atoms with van der Waals surface area (Å²) in [5.41, 5.74) is 0.324. The van der Waals surface area contributed by atoms with E-state index in [0.717, 1.165) is 6.07 Å². The SMILES string of the molecule is CC(C)(C)NC(=O)c1ccnc(C(=O)Nc2ccc(F)c(Cl)c2)c1. The van der Waals surface area contributed by atoms with Gasteiger partial charge in [-0.15, -0.1) is 0 Å². The van der Waals surface area contributed by atoms with Crippen molar-refractivity contribution in [2.24, 2.45) is 0 Å². The topological polar surface area (TPSA) is 71.1 Å². The molecule has 0 bridgehead atoms. The molecule has 0 radical (unpaired) electrons. The second-order valence-electron chi connectivity index (χ2n) is 6.22. The van der Waals surface area contributed by atoms with Crippen molar-refractivity contribution in [1.82, 2.24) is 10.3 Å². The van der Waals surface area contributed by atoms with Crippen molar-refractivity contribution in [3.63, 3.8) is 0 Å². The number of amides is 2. The predicted molar refractivity (Wildman–Crippen MR) is 90.8 cm³/mol. The van der Waals surface area contributed by atoms with E-state index < -0.39 is 17.3 Å². The Balaban J connectivity index is 2.16. The van der Waals surface area contributed by atoms with Gasteiger partial charge in [-0.05, 0) is 51.1 Å². The molecule has 0 spiro atoms. The van der Waals surface area contributed by atoms with Crippen LogP contribution in [0, 0.1) is 5.82 Å². The lowest BCUT2D eigenvalue weighted by Crippen LogP contribution is -2.40. The molecule has 126 valence electrons. The minimum atomic E-state index is -0.575. The molecule has 2 amide bonds. The van der Waals surface area contributed by atoms with E-state index in [1.165, 1.54) is 30.5 Å². The average molecular weight is 350 g/mol. The molecule has 1 heterocycles. The summed E-state index contributed by atoms with van der Waals surface area (Å²) in [6.07, 6.45) is 1.38. The van der Waals surface area contributed by atoms with E-state index in [1.807, 2.05) is 20.8 Å². The van der Waals surface area contributed by atoms with Gasteiger partial charge in [-0.2, -0.15) is 0 Å². The first-order valence-electron chi connectivity index (χ1n) is 7.21. The van der Waals surface area contributed by atoms with Crippen molar-refractivity contribution in [3.05, 3.63) is 58.6 Å². The number of nitrogens with zero attached hydrogens (tertiary/aromatic N) is 1. The number of nitrogens with one attached hydrogen (secondary N) is 2. The van der Waals surface area contributed by atoms with Crippen molar-refractivity contribution in [2.75, 3.05) is 5.32 Å². The van der Waals surface area contributed by atoms with Gasteiger partial charge in [-0.25, -0.2) is 4.39 Å². The Morgan fingerprint density at radius 2 is 1.83 bits per heavy atom. The smallest absolute Gasteiger partial charge is 0.274 e. The number of aromatic nitrogens is 1. The minimum absolute atomic E-state index is 0.0667. The number of pyridine rings is 1. The monoisotopic (exact) mass is 349 g/mol. The molecule has 0 aliphatic heterocycles. The number of hydrogen-bond donors (Lipinski definition) is 2. The van der Waals surface area contributed by atoms with E-state index in [0.29, 0.717) is 11.3 Å². The molecule has 2 aromatic rings. The Kier molecular flexibility index (Phi) is 5.19. The quantitative estimate of drug-likeness (QED) is 0.888. The van der Waals surface area contributed by atoms with Crippen LogP contribution in [-0.4, -0.2) is 22.3 Å². The molecule has 1 aromatic heterocycles. The lowest BCUT2D eigenvalue weighted by atomic mass is 10.1. The highest BCUT2D eigenvalue weighted by Crippen LogP contribution is 2.19. The summed E-state index contributed by atoms with van der Waals surface area (Å²) in [5.74, 6) is -1.40. The van der Waals surface area contributed by atoms with E-state index in [4.69, 9.17) is 11.6 Å². The Morgan fingerprint density at radius 1 is 1.12 bits per heavy atom. The summed E-state index contributed by atoms with van der Waals surface area (Å²) < 4.78 is 13.1. The maximum Gasteiger partial charge on any atom is 0.274 e. The second kappa shape index (κ2) is 6.97. The van der Waals surface area contributed by atoms with Crippen LogP contribution in [0.4, 0.5) is 10.1 Å². The first kappa shape index (κ1) is 17.9. The van der Waals surface area contributed by atoms with Crippen LogP contribution in [-0.2, 0) is 0 Å². The van der Waals surface area contributed by atoms with Crippen LogP contribution in [0.1, 0.15) is 41.6 Å². The van der Waals surface area contributed by atoms with Gasteiger partial charge in [0.2, 0.25) is 0 Å². The number of benzene rings is 1. The third-order valence-corrected chi connectivity index (χ3v) is 3.21. The van der Waals surface area contributed by atoms with E-state index in [2.05, 4.69) is 15.6 Å². The van der Waals surface area contributed by atoms with Gasteiger partial charge < -0.3 is 10.6 Å². The molecule has 7 heteroatoms. The van der Waals surface area contributed by atoms with E-state index in [9.17, 15) is 14.0 Å². The third kappa shape index (κ3) is 4.76. The summed E-state index contributed by atoms with van der Waals surface area (Å²) in [7, 11) is 0. The van der Waals surface area contributed by atoms with Gasteiger partial charge in [0.25, 0.3) is 11.8 Å². The van der Waals surface area contributed by atoms with Crippen LogP contribution in [0.3, 0.4) is 0 Å². The molecule has 24 heavy (non-hydrogen) atoms. The van der Waals surface area contributed by atoms with Crippen LogP contribution < -0.4 is 10.6 Å². The highest BCUT2D eigenvalue weighted by Gasteiger charge is 2.17. The molecule has 0 unspecified atom stereocenters. The van der Waals surface area contributed by atoms with Crippen LogP contribution in [0.25, 0.3) is 0 Å². The van der Waals surface area contributed by atoms with Crippen molar-refractivity contribution >= 4 is 29.1 Å². The van der Waals surface area contributed by atoms with E-state index in [1.54, 1.807) is 0 Å². The zero-order chi connectivity index (χ0) is 17.9. The summed E-state index contributed by atoms with van der Waals surface area (Å²) in [6, 6.07) is 6.74. The molecular weight excluding hydrogens is 333 g/mol.